The van der Waals surface area contributed by atoms with Crippen molar-refractivity contribution in [3.63, 3.8) is 0 Å². The SMILES string of the molecule is O=[N+]([O-])c1ccc(Cl)cc1CNC1COC1. The first-order valence-electron chi connectivity index (χ1n) is 4.91. The third-order valence-electron chi connectivity index (χ3n) is 2.46. The maximum atomic E-state index is 10.8. The summed E-state index contributed by atoms with van der Waals surface area (Å²) in [6.07, 6.45) is 0. The van der Waals surface area contributed by atoms with E-state index >= 15 is 0 Å². The molecular weight excluding hydrogens is 232 g/mol. The van der Waals surface area contributed by atoms with Gasteiger partial charge in [-0.15, -0.1) is 0 Å². The first kappa shape index (κ1) is 11.3. The fraction of sp³-hybridized carbons (Fsp3) is 0.400. The number of benzene rings is 1. The Labute approximate surface area is 97.5 Å². The highest BCUT2D eigenvalue weighted by molar-refractivity contribution is 6.30. The van der Waals surface area contributed by atoms with Gasteiger partial charge >= 0.3 is 0 Å². The van der Waals surface area contributed by atoms with Crippen LogP contribution in [0.1, 0.15) is 5.56 Å². The van der Waals surface area contributed by atoms with Crippen LogP contribution in [0.4, 0.5) is 5.69 Å². The molecule has 0 unspecified atom stereocenters. The molecule has 1 aliphatic rings. The van der Waals surface area contributed by atoms with E-state index in [9.17, 15) is 10.1 Å². The summed E-state index contributed by atoms with van der Waals surface area (Å²) < 4.78 is 5.00. The average molecular weight is 243 g/mol. The zero-order valence-electron chi connectivity index (χ0n) is 8.48. The normalized spacial score (nSPS) is 15.8. The average Bonchev–Trinajstić information content (AvgIpc) is 2.14. The van der Waals surface area contributed by atoms with Gasteiger partial charge in [-0.05, 0) is 12.1 Å². The summed E-state index contributed by atoms with van der Waals surface area (Å²) >= 11 is 5.81. The summed E-state index contributed by atoms with van der Waals surface area (Å²) in [5.41, 5.74) is 0.696. The van der Waals surface area contributed by atoms with Crippen LogP contribution in [0.5, 0.6) is 0 Å². The van der Waals surface area contributed by atoms with Crippen molar-refractivity contribution in [2.24, 2.45) is 0 Å². The second-order valence-corrected chi connectivity index (χ2v) is 4.08. The highest BCUT2D eigenvalue weighted by Crippen LogP contribution is 2.22. The van der Waals surface area contributed by atoms with E-state index in [2.05, 4.69) is 5.32 Å². The topological polar surface area (TPSA) is 64.4 Å². The van der Waals surface area contributed by atoms with Gasteiger partial charge in [0.15, 0.2) is 0 Å². The van der Waals surface area contributed by atoms with E-state index in [1.807, 2.05) is 0 Å². The molecule has 0 spiro atoms. The Bertz CT molecular complexity index is 407. The first-order chi connectivity index (χ1) is 7.66. The molecule has 1 aliphatic heterocycles. The molecular formula is C10H11ClN2O3. The van der Waals surface area contributed by atoms with E-state index in [0.29, 0.717) is 36.4 Å². The van der Waals surface area contributed by atoms with Gasteiger partial charge in [0.25, 0.3) is 5.69 Å². The molecule has 1 N–H and O–H groups in total. The first-order valence-corrected chi connectivity index (χ1v) is 5.28. The molecule has 16 heavy (non-hydrogen) atoms. The molecule has 5 nitrogen and oxygen atoms in total. The van der Waals surface area contributed by atoms with Crippen LogP contribution < -0.4 is 5.32 Å². The van der Waals surface area contributed by atoms with E-state index in [-0.39, 0.29) is 5.69 Å². The molecule has 1 aromatic rings. The van der Waals surface area contributed by atoms with Crippen LogP contribution in [-0.4, -0.2) is 24.2 Å². The molecule has 1 aromatic carbocycles. The van der Waals surface area contributed by atoms with Crippen molar-refractivity contribution in [1.29, 1.82) is 0 Å². The number of nitro benzene ring substituents is 1. The van der Waals surface area contributed by atoms with Crippen LogP contribution in [-0.2, 0) is 11.3 Å². The third-order valence-corrected chi connectivity index (χ3v) is 2.69. The van der Waals surface area contributed by atoms with Crippen molar-refractivity contribution >= 4 is 17.3 Å². The van der Waals surface area contributed by atoms with E-state index in [1.165, 1.54) is 12.1 Å². The summed E-state index contributed by atoms with van der Waals surface area (Å²) in [4.78, 5) is 10.4. The largest absolute Gasteiger partial charge is 0.378 e. The Morgan fingerprint density at radius 2 is 2.31 bits per heavy atom. The van der Waals surface area contributed by atoms with E-state index < -0.39 is 4.92 Å². The quantitative estimate of drug-likeness (QED) is 0.645. The molecule has 0 aromatic heterocycles. The maximum absolute atomic E-state index is 10.8. The fourth-order valence-corrected chi connectivity index (χ4v) is 1.68. The number of rotatable bonds is 4. The molecule has 1 heterocycles. The van der Waals surface area contributed by atoms with E-state index in [4.69, 9.17) is 16.3 Å². The molecule has 1 fully saturated rings. The lowest BCUT2D eigenvalue weighted by molar-refractivity contribution is -0.385. The summed E-state index contributed by atoms with van der Waals surface area (Å²) in [5.74, 6) is 0. The van der Waals surface area contributed by atoms with Gasteiger partial charge in [-0.2, -0.15) is 0 Å². The minimum Gasteiger partial charge on any atom is -0.378 e. The summed E-state index contributed by atoms with van der Waals surface area (Å²) in [7, 11) is 0. The standard InChI is InChI=1S/C10H11ClN2O3/c11-8-1-2-10(13(14)15)7(3-8)4-12-9-5-16-6-9/h1-3,9,12H,4-6H2. The number of hydrogen-bond donors (Lipinski definition) is 1. The van der Waals surface area contributed by atoms with Crippen LogP contribution >= 0.6 is 11.6 Å². The molecule has 2 rings (SSSR count). The van der Waals surface area contributed by atoms with Gasteiger partial charge in [0.1, 0.15) is 0 Å². The number of nitrogens with one attached hydrogen (secondary N) is 1. The Morgan fingerprint density at radius 1 is 1.56 bits per heavy atom. The van der Waals surface area contributed by atoms with Crippen molar-refractivity contribution in [3.05, 3.63) is 38.9 Å². The van der Waals surface area contributed by atoms with Crippen molar-refractivity contribution in [1.82, 2.24) is 5.32 Å². The third kappa shape index (κ3) is 2.49. The number of nitrogens with zero attached hydrogens (tertiary/aromatic N) is 1. The summed E-state index contributed by atoms with van der Waals surface area (Å²) in [6, 6.07) is 4.86. The lowest BCUT2D eigenvalue weighted by Gasteiger charge is -2.26. The lowest BCUT2D eigenvalue weighted by Crippen LogP contribution is -2.45. The minimum atomic E-state index is -0.398. The van der Waals surface area contributed by atoms with E-state index in [1.54, 1.807) is 6.07 Å². The van der Waals surface area contributed by atoms with Gasteiger partial charge < -0.3 is 10.1 Å². The Balaban J connectivity index is 2.09. The number of halogens is 1. The van der Waals surface area contributed by atoms with Gasteiger partial charge in [0, 0.05) is 23.2 Å². The number of ether oxygens (including phenoxy) is 1. The minimum absolute atomic E-state index is 0.0946. The number of nitro groups is 1. The molecule has 0 saturated carbocycles. The Kier molecular flexibility index (Phi) is 3.38. The highest BCUT2D eigenvalue weighted by atomic mass is 35.5. The van der Waals surface area contributed by atoms with Crippen molar-refractivity contribution in [2.45, 2.75) is 12.6 Å². The summed E-state index contributed by atoms with van der Waals surface area (Å²) in [6.45, 7) is 1.76. The zero-order valence-corrected chi connectivity index (χ0v) is 9.24. The van der Waals surface area contributed by atoms with Crippen LogP contribution in [0.15, 0.2) is 18.2 Å². The van der Waals surface area contributed by atoms with Crippen LogP contribution in [0.3, 0.4) is 0 Å². The van der Waals surface area contributed by atoms with Gasteiger partial charge in [-0.1, -0.05) is 11.6 Å². The predicted molar refractivity (Wildman–Crippen MR) is 59.6 cm³/mol. The molecule has 0 aliphatic carbocycles. The van der Waals surface area contributed by atoms with Crippen LogP contribution in [0.25, 0.3) is 0 Å². The second-order valence-electron chi connectivity index (χ2n) is 3.65. The highest BCUT2D eigenvalue weighted by Gasteiger charge is 2.20. The molecule has 1 saturated heterocycles. The molecule has 0 radical (unpaired) electrons. The number of hydrogen-bond acceptors (Lipinski definition) is 4. The summed E-state index contributed by atoms with van der Waals surface area (Å²) in [5, 5.41) is 14.4. The predicted octanol–water partition coefficient (Wildman–Crippen LogP) is 1.74. The lowest BCUT2D eigenvalue weighted by atomic mass is 10.1. The second kappa shape index (κ2) is 4.78. The van der Waals surface area contributed by atoms with Gasteiger partial charge in [-0.3, -0.25) is 10.1 Å². The van der Waals surface area contributed by atoms with Gasteiger partial charge in [0.05, 0.1) is 24.2 Å². The monoisotopic (exact) mass is 242 g/mol. The van der Waals surface area contributed by atoms with Crippen molar-refractivity contribution in [2.75, 3.05) is 13.2 Å². The smallest absolute Gasteiger partial charge is 0.273 e. The van der Waals surface area contributed by atoms with Crippen molar-refractivity contribution in [3.8, 4) is 0 Å². The van der Waals surface area contributed by atoms with Gasteiger partial charge in [-0.25, -0.2) is 0 Å². The fourth-order valence-electron chi connectivity index (χ4n) is 1.48. The molecule has 6 heteroatoms. The maximum Gasteiger partial charge on any atom is 0.273 e. The van der Waals surface area contributed by atoms with E-state index in [0.717, 1.165) is 0 Å². The molecule has 0 bridgehead atoms. The van der Waals surface area contributed by atoms with Gasteiger partial charge in [0.2, 0.25) is 0 Å². The Morgan fingerprint density at radius 3 is 2.88 bits per heavy atom. The zero-order chi connectivity index (χ0) is 11.5. The molecule has 0 amide bonds. The van der Waals surface area contributed by atoms with Crippen molar-refractivity contribution < 1.29 is 9.66 Å². The Hall–Kier alpha value is -1.17. The van der Waals surface area contributed by atoms with Crippen LogP contribution in [0.2, 0.25) is 5.02 Å². The van der Waals surface area contributed by atoms with Crippen LogP contribution in [0, 0.1) is 10.1 Å². The molecule has 86 valence electrons. The molecule has 0 atom stereocenters.